The second-order valence-corrected chi connectivity index (χ2v) is 7.86. The van der Waals surface area contributed by atoms with E-state index in [-0.39, 0.29) is 17.7 Å². The van der Waals surface area contributed by atoms with Crippen molar-refractivity contribution < 1.29 is 19.1 Å². The molecular formula is C25H25N3O4. The number of benzene rings is 3. The molecule has 1 fully saturated rings. The molecule has 3 N–H and O–H groups in total. The quantitative estimate of drug-likeness (QED) is 0.646. The van der Waals surface area contributed by atoms with Crippen LogP contribution in [0.4, 0.5) is 5.69 Å². The van der Waals surface area contributed by atoms with Gasteiger partial charge in [0.1, 0.15) is 5.75 Å². The van der Waals surface area contributed by atoms with Crippen LogP contribution in [-0.4, -0.2) is 42.8 Å². The molecule has 3 aromatic carbocycles. The van der Waals surface area contributed by atoms with Crippen LogP contribution in [0.3, 0.4) is 0 Å². The molecule has 0 spiro atoms. The predicted octanol–water partition coefficient (Wildman–Crippen LogP) is 3.44. The highest BCUT2D eigenvalue weighted by atomic mass is 16.5. The van der Waals surface area contributed by atoms with Crippen LogP contribution in [0.2, 0.25) is 0 Å². The molecule has 0 aromatic heterocycles. The molecule has 7 nitrogen and oxygen atoms in total. The summed E-state index contributed by atoms with van der Waals surface area (Å²) in [6.07, 6.45) is 1.18. The summed E-state index contributed by atoms with van der Waals surface area (Å²) in [5, 5.41) is 4.64. The Morgan fingerprint density at radius 3 is 2.22 bits per heavy atom. The molecule has 1 saturated heterocycles. The fourth-order valence-electron chi connectivity index (χ4n) is 4.11. The monoisotopic (exact) mass is 431 g/mol. The minimum atomic E-state index is -0.510. The molecular weight excluding hydrogens is 406 g/mol. The van der Waals surface area contributed by atoms with E-state index >= 15 is 0 Å². The maximum atomic E-state index is 13.2. The van der Waals surface area contributed by atoms with Crippen molar-refractivity contribution in [1.82, 2.24) is 4.90 Å². The van der Waals surface area contributed by atoms with E-state index in [4.69, 9.17) is 10.5 Å². The summed E-state index contributed by atoms with van der Waals surface area (Å²) in [6.45, 7) is 1.02. The number of anilines is 1. The minimum Gasteiger partial charge on any atom is -0.496 e. The van der Waals surface area contributed by atoms with Gasteiger partial charge >= 0.3 is 0 Å². The minimum absolute atomic E-state index is 0.0373. The van der Waals surface area contributed by atoms with Crippen molar-refractivity contribution in [2.24, 2.45) is 11.7 Å². The highest BCUT2D eigenvalue weighted by molar-refractivity contribution is 6.08. The highest BCUT2D eigenvalue weighted by Gasteiger charge is 2.28. The summed E-state index contributed by atoms with van der Waals surface area (Å²) in [4.78, 5) is 38.8. The second kappa shape index (κ2) is 9.09. The highest BCUT2D eigenvalue weighted by Crippen LogP contribution is 2.30. The fourth-order valence-corrected chi connectivity index (χ4v) is 4.11. The molecule has 164 valence electrons. The second-order valence-electron chi connectivity index (χ2n) is 7.86. The Labute approximate surface area is 186 Å². The van der Waals surface area contributed by atoms with Crippen LogP contribution in [0.5, 0.6) is 5.75 Å². The van der Waals surface area contributed by atoms with Crippen molar-refractivity contribution in [3.05, 3.63) is 71.8 Å². The molecule has 3 amide bonds. The number of ether oxygens (including phenoxy) is 1. The van der Waals surface area contributed by atoms with Crippen molar-refractivity contribution in [2.75, 3.05) is 25.5 Å². The Morgan fingerprint density at radius 2 is 1.59 bits per heavy atom. The molecule has 1 heterocycles. The number of likely N-dealkylation sites (tertiary alicyclic amines) is 1. The van der Waals surface area contributed by atoms with E-state index in [2.05, 4.69) is 5.32 Å². The number of carbonyl (C=O) groups excluding carboxylic acids is 3. The van der Waals surface area contributed by atoms with E-state index in [1.54, 1.807) is 42.3 Å². The Balaban J connectivity index is 1.40. The standard InChI is InChI=1S/C25H25N3O4/c1-32-22-11-10-21(19-4-2-3-5-20(19)22)25(31)28-14-12-17(13-15-28)24(30)27-18-8-6-16(7-9-18)23(26)29/h2-11,17H,12-15H2,1H3,(H2,26,29)(H,27,30). The summed E-state index contributed by atoms with van der Waals surface area (Å²) in [5.74, 6) is -0.0769. The van der Waals surface area contributed by atoms with Crippen molar-refractivity contribution >= 4 is 34.2 Å². The first-order chi connectivity index (χ1) is 15.5. The van der Waals surface area contributed by atoms with Gasteiger partial charge in [-0.25, -0.2) is 0 Å². The Kier molecular flexibility index (Phi) is 6.07. The van der Waals surface area contributed by atoms with Gasteiger partial charge in [0.05, 0.1) is 7.11 Å². The van der Waals surface area contributed by atoms with Crippen molar-refractivity contribution in [1.29, 1.82) is 0 Å². The normalized spacial score (nSPS) is 14.2. The summed E-state index contributed by atoms with van der Waals surface area (Å²) in [5.41, 5.74) is 6.88. The van der Waals surface area contributed by atoms with Gasteiger partial charge < -0.3 is 20.7 Å². The van der Waals surface area contributed by atoms with Crippen LogP contribution in [-0.2, 0) is 4.79 Å². The van der Waals surface area contributed by atoms with Gasteiger partial charge in [-0.3, -0.25) is 14.4 Å². The average molecular weight is 431 g/mol. The number of primary amides is 1. The SMILES string of the molecule is COc1ccc(C(=O)N2CCC(C(=O)Nc3ccc(C(N)=O)cc3)CC2)c2ccccc12. The number of fused-ring (bicyclic) bond motifs is 1. The molecule has 32 heavy (non-hydrogen) atoms. The van der Waals surface area contributed by atoms with Crippen molar-refractivity contribution in [3.8, 4) is 5.75 Å². The van der Waals surface area contributed by atoms with E-state index in [0.717, 1.165) is 16.5 Å². The topological polar surface area (TPSA) is 102 Å². The first kappa shape index (κ1) is 21.4. The van der Waals surface area contributed by atoms with Gasteiger partial charge in [0.25, 0.3) is 5.91 Å². The van der Waals surface area contributed by atoms with Crippen molar-refractivity contribution in [2.45, 2.75) is 12.8 Å². The van der Waals surface area contributed by atoms with Gasteiger partial charge in [-0.2, -0.15) is 0 Å². The Hall–Kier alpha value is -3.87. The summed E-state index contributed by atoms with van der Waals surface area (Å²) < 4.78 is 5.42. The molecule has 0 unspecified atom stereocenters. The number of piperidine rings is 1. The maximum Gasteiger partial charge on any atom is 0.254 e. The van der Waals surface area contributed by atoms with E-state index < -0.39 is 5.91 Å². The number of amides is 3. The van der Waals surface area contributed by atoms with Crippen LogP contribution >= 0.6 is 0 Å². The molecule has 1 aliphatic heterocycles. The lowest BCUT2D eigenvalue weighted by atomic mass is 9.94. The van der Waals surface area contributed by atoms with E-state index in [1.165, 1.54) is 0 Å². The molecule has 3 aromatic rings. The number of hydrogen-bond donors (Lipinski definition) is 2. The molecule has 0 aliphatic carbocycles. The van der Waals surface area contributed by atoms with Crippen LogP contribution in [0.1, 0.15) is 33.6 Å². The van der Waals surface area contributed by atoms with Gasteiger partial charge in [0.15, 0.2) is 0 Å². The fraction of sp³-hybridized carbons (Fsp3) is 0.240. The zero-order chi connectivity index (χ0) is 22.7. The molecule has 0 bridgehead atoms. The average Bonchev–Trinajstić information content (AvgIpc) is 2.83. The summed E-state index contributed by atoms with van der Waals surface area (Å²) in [6, 6.07) is 17.8. The molecule has 4 rings (SSSR count). The van der Waals surface area contributed by atoms with Gasteiger partial charge in [0, 0.05) is 41.2 Å². The number of hydrogen-bond acceptors (Lipinski definition) is 4. The zero-order valence-electron chi connectivity index (χ0n) is 17.8. The van der Waals surface area contributed by atoms with Crippen LogP contribution in [0, 0.1) is 5.92 Å². The lowest BCUT2D eigenvalue weighted by Crippen LogP contribution is -2.41. The number of methoxy groups -OCH3 is 1. The smallest absolute Gasteiger partial charge is 0.254 e. The van der Waals surface area contributed by atoms with Gasteiger partial charge in [-0.1, -0.05) is 24.3 Å². The largest absolute Gasteiger partial charge is 0.496 e. The molecule has 1 aliphatic rings. The number of nitrogens with zero attached hydrogens (tertiary/aromatic N) is 1. The third kappa shape index (κ3) is 4.27. The zero-order valence-corrected chi connectivity index (χ0v) is 17.8. The number of nitrogens with one attached hydrogen (secondary N) is 1. The molecule has 0 saturated carbocycles. The van der Waals surface area contributed by atoms with E-state index in [0.29, 0.717) is 42.7 Å². The van der Waals surface area contributed by atoms with Crippen LogP contribution in [0.15, 0.2) is 60.7 Å². The number of rotatable bonds is 5. The lowest BCUT2D eigenvalue weighted by Gasteiger charge is -2.31. The maximum absolute atomic E-state index is 13.2. The molecule has 0 radical (unpaired) electrons. The lowest BCUT2D eigenvalue weighted by molar-refractivity contribution is -0.121. The molecule has 0 atom stereocenters. The van der Waals surface area contributed by atoms with Gasteiger partial charge in [0.2, 0.25) is 11.8 Å². The molecule has 7 heteroatoms. The third-order valence-electron chi connectivity index (χ3n) is 5.92. The summed E-state index contributed by atoms with van der Waals surface area (Å²) >= 11 is 0. The van der Waals surface area contributed by atoms with Crippen LogP contribution < -0.4 is 15.8 Å². The van der Waals surface area contributed by atoms with E-state index in [9.17, 15) is 14.4 Å². The number of nitrogens with two attached hydrogens (primary N) is 1. The van der Waals surface area contributed by atoms with Gasteiger partial charge in [-0.05, 0) is 54.6 Å². The van der Waals surface area contributed by atoms with Crippen LogP contribution in [0.25, 0.3) is 10.8 Å². The number of carbonyl (C=O) groups is 3. The summed E-state index contributed by atoms with van der Waals surface area (Å²) in [7, 11) is 1.62. The predicted molar refractivity (Wildman–Crippen MR) is 123 cm³/mol. The van der Waals surface area contributed by atoms with Gasteiger partial charge in [-0.15, -0.1) is 0 Å². The first-order valence-electron chi connectivity index (χ1n) is 10.5. The third-order valence-corrected chi connectivity index (χ3v) is 5.92. The Morgan fingerprint density at radius 1 is 0.938 bits per heavy atom. The van der Waals surface area contributed by atoms with E-state index in [1.807, 2.05) is 30.3 Å². The Bertz CT molecular complexity index is 1170. The first-order valence-corrected chi connectivity index (χ1v) is 10.5. The van der Waals surface area contributed by atoms with Crippen molar-refractivity contribution in [3.63, 3.8) is 0 Å².